The number of hydrogen-bond donors (Lipinski definition) is 2. The molecule has 0 bridgehead atoms. The molecule has 2 aromatic carbocycles. The van der Waals surface area contributed by atoms with Crippen LogP contribution in [0.25, 0.3) is 0 Å². The SMILES string of the molecule is CCC(CNC(=O)C(N)c1ccc(C)cc1)c1ccccc1. The normalized spacial score (nSPS) is 13.4. The average Bonchev–Trinajstić information content (AvgIpc) is 2.56. The molecule has 0 saturated heterocycles. The number of rotatable bonds is 6. The van der Waals surface area contributed by atoms with E-state index < -0.39 is 6.04 Å². The third kappa shape index (κ3) is 4.18. The lowest BCUT2D eigenvalue weighted by atomic mass is 9.96. The molecule has 0 aromatic heterocycles. The van der Waals surface area contributed by atoms with Gasteiger partial charge in [-0.05, 0) is 24.5 Å². The Morgan fingerprint density at radius 3 is 2.27 bits per heavy atom. The van der Waals surface area contributed by atoms with Gasteiger partial charge in [0.15, 0.2) is 0 Å². The number of carbonyl (C=O) groups is 1. The lowest BCUT2D eigenvalue weighted by Gasteiger charge is -2.18. The number of benzene rings is 2. The Morgan fingerprint density at radius 1 is 1.05 bits per heavy atom. The number of nitrogens with one attached hydrogen (secondary N) is 1. The number of carbonyl (C=O) groups excluding carboxylic acids is 1. The molecule has 3 N–H and O–H groups in total. The minimum atomic E-state index is -0.617. The molecule has 0 fully saturated rings. The molecular weight excluding hydrogens is 272 g/mol. The van der Waals surface area contributed by atoms with Gasteiger partial charge in [-0.25, -0.2) is 0 Å². The van der Waals surface area contributed by atoms with Crippen LogP contribution in [0.15, 0.2) is 54.6 Å². The van der Waals surface area contributed by atoms with E-state index in [1.807, 2.05) is 49.4 Å². The Morgan fingerprint density at radius 2 is 1.68 bits per heavy atom. The van der Waals surface area contributed by atoms with Gasteiger partial charge >= 0.3 is 0 Å². The highest BCUT2D eigenvalue weighted by Gasteiger charge is 2.17. The van der Waals surface area contributed by atoms with Crippen LogP contribution < -0.4 is 11.1 Å². The third-order valence-electron chi connectivity index (χ3n) is 4.01. The van der Waals surface area contributed by atoms with E-state index in [-0.39, 0.29) is 5.91 Å². The van der Waals surface area contributed by atoms with Crippen molar-refractivity contribution in [2.24, 2.45) is 5.73 Å². The molecule has 0 heterocycles. The molecule has 2 unspecified atom stereocenters. The minimum Gasteiger partial charge on any atom is -0.354 e. The fourth-order valence-corrected chi connectivity index (χ4v) is 2.48. The van der Waals surface area contributed by atoms with Gasteiger partial charge in [-0.1, -0.05) is 67.1 Å². The molecule has 0 aliphatic rings. The van der Waals surface area contributed by atoms with E-state index in [1.54, 1.807) is 0 Å². The molecule has 3 heteroatoms. The van der Waals surface area contributed by atoms with Crippen molar-refractivity contribution in [2.75, 3.05) is 6.54 Å². The summed E-state index contributed by atoms with van der Waals surface area (Å²) in [5, 5.41) is 2.98. The maximum atomic E-state index is 12.2. The van der Waals surface area contributed by atoms with Gasteiger partial charge in [-0.15, -0.1) is 0 Å². The summed E-state index contributed by atoms with van der Waals surface area (Å²) >= 11 is 0. The minimum absolute atomic E-state index is 0.127. The zero-order valence-corrected chi connectivity index (χ0v) is 13.3. The predicted octanol–water partition coefficient (Wildman–Crippen LogP) is 3.30. The van der Waals surface area contributed by atoms with Crippen LogP contribution in [0.3, 0.4) is 0 Å². The topological polar surface area (TPSA) is 55.1 Å². The zero-order chi connectivity index (χ0) is 15.9. The van der Waals surface area contributed by atoms with Crippen molar-refractivity contribution >= 4 is 5.91 Å². The summed E-state index contributed by atoms with van der Waals surface area (Å²) in [5.41, 5.74) is 9.29. The summed E-state index contributed by atoms with van der Waals surface area (Å²) in [4.78, 5) is 12.2. The molecule has 2 rings (SSSR count). The molecule has 0 aliphatic heterocycles. The third-order valence-corrected chi connectivity index (χ3v) is 4.01. The molecule has 0 spiro atoms. The molecule has 0 saturated carbocycles. The summed E-state index contributed by atoms with van der Waals surface area (Å²) in [7, 11) is 0. The zero-order valence-electron chi connectivity index (χ0n) is 13.3. The molecule has 116 valence electrons. The van der Waals surface area contributed by atoms with Crippen molar-refractivity contribution in [1.29, 1.82) is 0 Å². The van der Waals surface area contributed by atoms with Crippen molar-refractivity contribution < 1.29 is 4.79 Å². The first-order valence-electron chi connectivity index (χ1n) is 7.76. The van der Waals surface area contributed by atoms with Crippen LogP contribution in [0.1, 0.15) is 42.0 Å². The highest BCUT2D eigenvalue weighted by molar-refractivity contribution is 5.82. The van der Waals surface area contributed by atoms with E-state index in [0.29, 0.717) is 12.5 Å². The van der Waals surface area contributed by atoms with E-state index in [2.05, 4.69) is 24.4 Å². The first kappa shape index (κ1) is 16.2. The van der Waals surface area contributed by atoms with E-state index in [4.69, 9.17) is 5.73 Å². The monoisotopic (exact) mass is 296 g/mol. The maximum absolute atomic E-state index is 12.2. The second-order valence-electron chi connectivity index (χ2n) is 5.65. The lowest BCUT2D eigenvalue weighted by molar-refractivity contribution is -0.122. The number of amides is 1. The predicted molar refractivity (Wildman–Crippen MR) is 90.6 cm³/mol. The summed E-state index contributed by atoms with van der Waals surface area (Å²) in [6.07, 6.45) is 0.976. The molecular formula is C19H24N2O. The van der Waals surface area contributed by atoms with Crippen molar-refractivity contribution in [3.05, 3.63) is 71.3 Å². The average molecular weight is 296 g/mol. The van der Waals surface area contributed by atoms with Crippen LogP contribution in [-0.4, -0.2) is 12.5 Å². The lowest BCUT2D eigenvalue weighted by Crippen LogP contribution is -2.36. The second kappa shape index (κ2) is 7.76. The van der Waals surface area contributed by atoms with E-state index in [1.165, 1.54) is 5.56 Å². The summed E-state index contributed by atoms with van der Waals surface area (Å²) in [5.74, 6) is 0.189. The molecule has 2 atom stereocenters. The molecule has 2 aromatic rings. The van der Waals surface area contributed by atoms with Crippen molar-refractivity contribution in [3.63, 3.8) is 0 Å². The van der Waals surface area contributed by atoms with Crippen LogP contribution in [0, 0.1) is 6.92 Å². The quantitative estimate of drug-likeness (QED) is 0.859. The Bertz CT molecular complexity index is 593. The fraction of sp³-hybridized carbons (Fsp3) is 0.316. The van der Waals surface area contributed by atoms with E-state index in [0.717, 1.165) is 17.5 Å². The molecule has 3 nitrogen and oxygen atoms in total. The number of hydrogen-bond acceptors (Lipinski definition) is 2. The Hall–Kier alpha value is -2.13. The largest absolute Gasteiger partial charge is 0.354 e. The van der Waals surface area contributed by atoms with Gasteiger partial charge in [-0.2, -0.15) is 0 Å². The van der Waals surface area contributed by atoms with Crippen molar-refractivity contribution in [2.45, 2.75) is 32.2 Å². The number of aryl methyl sites for hydroxylation is 1. The van der Waals surface area contributed by atoms with Gasteiger partial charge in [-0.3, -0.25) is 4.79 Å². The van der Waals surface area contributed by atoms with Crippen molar-refractivity contribution in [3.8, 4) is 0 Å². The first-order valence-corrected chi connectivity index (χ1v) is 7.76. The standard InChI is InChI=1S/C19H24N2O/c1-3-15(16-7-5-4-6-8-16)13-21-19(22)18(20)17-11-9-14(2)10-12-17/h4-12,15,18H,3,13,20H2,1-2H3,(H,21,22). The van der Waals surface area contributed by atoms with Gasteiger partial charge in [0, 0.05) is 12.5 Å². The van der Waals surface area contributed by atoms with Gasteiger partial charge in [0.2, 0.25) is 5.91 Å². The van der Waals surface area contributed by atoms with Gasteiger partial charge in [0.25, 0.3) is 0 Å². The van der Waals surface area contributed by atoms with Crippen LogP contribution in [0.5, 0.6) is 0 Å². The summed E-state index contributed by atoms with van der Waals surface area (Å²) in [6, 6.07) is 17.4. The molecule has 0 radical (unpaired) electrons. The van der Waals surface area contributed by atoms with Gasteiger partial charge in [0.1, 0.15) is 6.04 Å². The summed E-state index contributed by atoms with van der Waals surface area (Å²) in [6.45, 7) is 4.75. The fourth-order valence-electron chi connectivity index (χ4n) is 2.48. The van der Waals surface area contributed by atoms with Crippen LogP contribution in [0.2, 0.25) is 0 Å². The number of nitrogens with two attached hydrogens (primary N) is 1. The Balaban J connectivity index is 1.95. The van der Waals surface area contributed by atoms with Crippen molar-refractivity contribution in [1.82, 2.24) is 5.32 Å². The molecule has 0 aliphatic carbocycles. The highest BCUT2D eigenvalue weighted by atomic mass is 16.2. The highest BCUT2D eigenvalue weighted by Crippen LogP contribution is 2.18. The first-order chi connectivity index (χ1) is 10.6. The van der Waals surface area contributed by atoms with Crippen LogP contribution >= 0.6 is 0 Å². The summed E-state index contributed by atoms with van der Waals surface area (Å²) < 4.78 is 0. The van der Waals surface area contributed by atoms with Crippen LogP contribution in [0.4, 0.5) is 0 Å². The van der Waals surface area contributed by atoms with E-state index in [9.17, 15) is 4.79 Å². The maximum Gasteiger partial charge on any atom is 0.241 e. The molecule has 22 heavy (non-hydrogen) atoms. The Kier molecular flexibility index (Phi) is 5.73. The van der Waals surface area contributed by atoms with Crippen LogP contribution in [-0.2, 0) is 4.79 Å². The van der Waals surface area contributed by atoms with E-state index >= 15 is 0 Å². The Labute approximate surface area is 132 Å². The smallest absolute Gasteiger partial charge is 0.241 e. The van der Waals surface area contributed by atoms with Gasteiger partial charge in [0.05, 0.1) is 0 Å². The second-order valence-corrected chi connectivity index (χ2v) is 5.65. The van der Waals surface area contributed by atoms with Gasteiger partial charge < -0.3 is 11.1 Å². The molecule has 1 amide bonds.